The Morgan fingerprint density at radius 2 is 0.913 bits per heavy atom. The highest BCUT2D eigenvalue weighted by molar-refractivity contribution is 7.68. The van der Waals surface area contributed by atoms with Gasteiger partial charge in [-0.15, -0.1) is 0 Å². The van der Waals surface area contributed by atoms with E-state index in [1.165, 1.54) is 0 Å². The molecule has 1 rings (SSSR count). The Kier molecular flexibility index (Phi) is 5.24. The molecule has 0 saturated carbocycles. The van der Waals surface area contributed by atoms with Crippen LogP contribution >= 0.6 is 7.92 Å². The first-order chi connectivity index (χ1) is 9.94. The highest BCUT2D eigenvalue weighted by atomic mass is 31.1. The number of hydrogen-bond acceptors (Lipinski definition) is 0. The van der Waals surface area contributed by atoms with Crippen molar-refractivity contribution in [2.75, 3.05) is 0 Å². The van der Waals surface area contributed by atoms with Gasteiger partial charge in [-0.05, 0) is 33.8 Å². The van der Waals surface area contributed by atoms with Crippen molar-refractivity contribution in [1.29, 1.82) is 0 Å². The van der Waals surface area contributed by atoms with Crippen molar-refractivity contribution in [3.63, 3.8) is 0 Å². The van der Waals surface area contributed by atoms with Gasteiger partial charge in [-0.25, -0.2) is 0 Å². The summed E-state index contributed by atoms with van der Waals surface area (Å²) in [5.41, 5.74) is -2.49. The second-order valence-electron chi connectivity index (χ2n) is 7.44. The van der Waals surface area contributed by atoms with E-state index in [1.807, 2.05) is 41.5 Å². The number of alkyl halides is 6. The molecule has 0 radical (unpaired) electrons. The van der Waals surface area contributed by atoms with E-state index in [9.17, 15) is 26.3 Å². The molecule has 23 heavy (non-hydrogen) atoms. The smallest absolute Gasteiger partial charge is 0.166 e. The Labute approximate surface area is 134 Å². The predicted octanol–water partition coefficient (Wildman–Crippen LogP) is 6.43. The first-order valence-electron chi connectivity index (χ1n) is 7.04. The second-order valence-corrected chi connectivity index (χ2v) is 11.3. The Morgan fingerprint density at radius 3 is 1.13 bits per heavy atom. The predicted molar refractivity (Wildman–Crippen MR) is 82.5 cm³/mol. The summed E-state index contributed by atoms with van der Waals surface area (Å²) >= 11 is 0. The van der Waals surface area contributed by atoms with E-state index < -0.39 is 41.7 Å². The van der Waals surface area contributed by atoms with Crippen molar-refractivity contribution >= 4 is 13.2 Å². The van der Waals surface area contributed by atoms with Gasteiger partial charge in [-0.1, -0.05) is 49.5 Å². The number of rotatable bonds is 1. The number of halogens is 6. The molecule has 0 saturated heterocycles. The van der Waals surface area contributed by atoms with E-state index in [2.05, 4.69) is 0 Å². The van der Waals surface area contributed by atoms with Gasteiger partial charge < -0.3 is 0 Å². The van der Waals surface area contributed by atoms with Crippen LogP contribution in [0.5, 0.6) is 0 Å². The van der Waals surface area contributed by atoms with Crippen molar-refractivity contribution in [3.8, 4) is 0 Å². The molecule has 7 heteroatoms. The highest BCUT2D eigenvalue weighted by Crippen LogP contribution is 2.58. The average molecular weight is 358 g/mol. The van der Waals surface area contributed by atoms with Gasteiger partial charge in [0, 0.05) is 0 Å². The van der Waals surface area contributed by atoms with Gasteiger partial charge in [0.05, 0.1) is 11.1 Å². The zero-order valence-electron chi connectivity index (χ0n) is 13.9. The minimum absolute atomic E-state index is 0.127. The number of hydrogen-bond donors (Lipinski definition) is 0. The third-order valence-electron chi connectivity index (χ3n) is 3.17. The Hall–Kier alpha value is -0.770. The zero-order valence-corrected chi connectivity index (χ0v) is 14.8. The molecular formula is C16H21F6P. The lowest BCUT2D eigenvalue weighted by Gasteiger charge is -2.42. The number of benzene rings is 1. The summed E-state index contributed by atoms with van der Waals surface area (Å²) < 4.78 is 78.2. The van der Waals surface area contributed by atoms with Gasteiger partial charge in [-0.2, -0.15) is 26.3 Å². The maximum atomic E-state index is 13.0. The van der Waals surface area contributed by atoms with E-state index in [4.69, 9.17) is 0 Å². The van der Waals surface area contributed by atoms with Crippen molar-refractivity contribution in [1.82, 2.24) is 0 Å². The van der Waals surface area contributed by atoms with E-state index in [0.717, 1.165) is 12.1 Å². The van der Waals surface area contributed by atoms with Crippen LogP contribution in [0.3, 0.4) is 0 Å². The monoisotopic (exact) mass is 358 g/mol. The molecule has 0 atom stereocenters. The van der Waals surface area contributed by atoms with Gasteiger partial charge in [0.1, 0.15) is 0 Å². The third kappa shape index (κ3) is 5.10. The minimum atomic E-state index is -4.81. The largest absolute Gasteiger partial charge is 0.416 e. The molecule has 0 N–H and O–H groups in total. The van der Waals surface area contributed by atoms with Crippen LogP contribution in [0.25, 0.3) is 0 Å². The van der Waals surface area contributed by atoms with Gasteiger partial charge in [0.2, 0.25) is 0 Å². The van der Waals surface area contributed by atoms with Crippen LogP contribution in [0.4, 0.5) is 26.3 Å². The normalized spacial score (nSPS) is 14.5. The molecule has 0 aliphatic carbocycles. The van der Waals surface area contributed by atoms with Gasteiger partial charge in [-0.3, -0.25) is 0 Å². The molecule has 0 aromatic heterocycles. The van der Waals surface area contributed by atoms with Crippen molar-refractivity contribution < 1.29 is 26.3 Å². The van der Waals surface area contributed by atoms with Crippen LogP contribution in [0.2, 0.25) is 0 Å². The molecule has 0 fully saturated rings. The maximum Gasteiger partial charge on any atom is 0.416 e. The minimum Gasteiger partial charge on any atom is -0.166 e. The van der Waals surface area contributed by atoms with E-state index in [0.29, 0.717) is 0 Å². The molecule has 0 amide bonds. The van der Waals surface area contributed by atoms with E-state index in [-0.39, 0.29) is 11.4 Å². The molecule has 0 unspecified atom stereocenters. The van der Waals surface area contributed by atoms with Crippen LogP contribution in [0.1, 0.15) is 52.7 Å². The standard InChI is InChI=1S/C16H21F6P/c1-13(2,3)23(14(4,5)6)12-8-10(15(17,18)19)7-11(9-12)16(20,21)22/h7-9H,1-6H3. The Morgan fingerprint density at radius 1 is 0.609 bits per heavy atom. The lowest BCUT2D eigenvalue weighted by atomic mass is 10.1. The molecule has 0 aliphatic heterocycles. The van der Waals surface area contributed by atoms with Gasteiger partial charge in [0.25, 0.3) is 0 Å². The van der Waals surface area contributed by atoms with E-state index in [1.54, 1.807) is 0 Å². The lowest BCUT2D eigenvalue weighted by Crippen LogP contribution is -2.32. The molecule has 1 aromatic carbocycles. The molecule has 0 nitrogen and oxygen atoms in total. The molecular weight excluding hydrogens is 337 g/mol. The Balaban J connectivity index is 3.69. The fourth-order valence-corrected chi connectivity index (χ4v) is 6.95. The molecule has 0 aliphatic rings. The molecule has 0 bridgehead atoms. The van der Waals surface area contributed by atoms with Crippen LogP contribution in [0.15, 0.2) is 18.2 Å². The highest BCUT2D eigenvalue weighted by Gasteiger charge is 2.41. The maximum absolute atomic E-state index is 13.0. The summed E-state index contributed by atoms with van der Waals surface area (Å²) in [7, 11) is -1.26. The summed E-state index contributed by atoms with van der Waals surface area (Å²) in [6, 6.07) is 1.93. The quantitative estimate of drug-likeness (QED) is 0.401. The van der Waals surface area contributed by atoms with Crippen LogP contribution in [-0.2, 0) is 12.4 Å². The molecule has 132 valence electrons. The summed E-state index contributed by atoms with van der Waals surface area (Å²) in [6.45, 7) is 11.1. The summed E-state index contributed by atoms with van der Waals surface area (Å²) in [6.07, 6.45) is -9.63. The van der Waals surface area contributed by atoms with Crippen LogP contribution in [0, 0.1) is 0 Å². The second kappa shape index (κ2) is 5.94. The first kappa shape index (κ1) is 20.3. The zero-order chi connectivity index (χ0) is 18.4. The molecule has 1 aromatic rings. The Bertz CT molecular complexity index is 512. The van der Waals surface area contributed by atoms with Gasteiger partial charge >= 0.3 is 12.4 Å². The van der Waals surface area contributed by atoms with Gasteiger partial charge in [0.15, 0.2) is 0 Å². The fourth-order valence-electron chi connectivity index (χ4n) is 2.85. The van der Waals surface area contributed by atoms with E-state index >= 15 is 0 Å². The lowest BCUT2D eigenvalue weighted by molar-refractivity contribution is -0.142. The van der Waals surface area contributed by atoms with Crippen LogP contribution < -0.4 is 5.30 Å². The third-order valence-corrected chi connectivity index (χ3v) is 6.63. The molecule has 0 spiro atoms. The summed E-state index contributed by atoms with van der Waals surface area (Å²) in [5, 5.41) is -0.733. The van der Waals surface area contributed by atoms with Crippen LogP contribution in [-0.4, -0.2) is 10.3 Å². The fraction of sp³-hybridized carbons (Fsp3) is 0.625. The van der Waals surface area contributed by atoms with Crippen molar-refractivity contribution in [2.24, 2.45) is 0 Å². The summed E-state index contributed by atoms with van der Waals surface area (Å²) in [4.78, 5) is 0. The van der Waals surface area contributed by atoms with Crippen molar-refractivity contribution in [2.45, 2.75) is 64.2 Å². The SMILES string of the molecule is CC(C)(C)P(c1cc(C(F)(F)F)cc(C(F)(F)F)c1)C(C)(C)C. The topological polar surface area (TPSA) is 0 Å². The summed E-state index contributed by atoms with van der Waals surface area (Å²) in [5.74, 6) is 0. The molecule has 0 heterocycles. The first-order valence-corrected chi connectivity index (χ1v) is 8.38. The van der Waals surface area contributed by atoms with Crippen molar-refractivity contribution in [3.05, 3.63) is 29.3 Å². The average Bonchev–Trinajstić information content (AvgIpc) is 2.21.